The Morgan fingerprint density at radius 3 is 1.84 bits per heavy atom. The van der Waals surface area contributed by atoms with Gasteiger partial charge in [-0.15, -0.1) is 0 Å². The number of aliphatic hydroxyl groups excluding tert-OH is 1. The first-order chi connectivity index (χ1) is 8.82. The second-order valence-corrected chi connectivity index (χ2v) is 4.68. The van der Waals surface area contributed by atoms with Gasteiger partial charge in [0.1, 0.15) is 6.61 Å². The van der Waals surface area contributed by atoms with Crippen LogP contribution >= 0.6 is 46.4 Å². The number of carbonyl (C=O) groups is 2. The van der Waals surface area contributed by atoms with Gasteiger partial charge in [-0.05, 0) is 0 Å². The molecule has 0 aromatic heterocycles. The van der Waals surface area contributed by atoms with Crippen molar-refractivity contribution in [2.45, 2.75) is 0 Å². The Balaban J connectivity index is 3.52. The smallest absolute Gasteiger partial charge is 0.340 e. The largest absolute Gasteiger partial charge is 0.478 e. The summed E-state index contributed by atoms with van der Waals surface area (Å²) in [4.78, 5) is 22.9. The van der Waals surface area contributed by atoms with E-state index in [1.54, 1.807) is 0 Å². The number of aromatic carboxylic acids is 1. The zero-order chi connectivity index (χ0) is 14.7. The van der Waals surface area contributed by atoms with Crippen molar-refractivity contribution in [1.29, 1.82) is 0 Å². The lowest BCUT2D eigenvalue weighted by molar-refractivity contribution is 0.0426. The van der Waals surface area contributed by atoms with Crippen LogP contribution in [-0.4, -0.2) is 35.4 Å². The van der Waals surface area contributed by atoms with E-state index in [9.17, 15) is 9.59 Å². The van der Waals surface area contributed by atoms with Crippen molar-refractivity contribution < 1.29 is 24.5 Å². The molecule has 0 aliphatic rings. The van der Waals surface area contributed by atoms with Gasteiger partial charge in [0.05, 0.1) is 37.8 Å². The van der Waals surface area contributed by atoms with Gasteiger partial charge < -0.3 is 14.9 Å². The van der Waals surface area contributed by atoms with Gasteiger partial charge in [-0.3, -0.25) is 0 Å². The number of hydrogen-bond acceptors (Lipinski definition) is 4. The molecule has 2 N–H and O–H groups in total. The lowest BCUT2D eigenvalue weighted by Crippen LogP contribution is -2.15. The third-order valence-electron chi connectivity index (χ3n) is 2.01. The van der Waals surface area contributed by atoms with E-state index in [1.165, 1.54) is 0 Å². The molecule has 5 nitrogen and oxygen atoms in total. The number of carboxylic acids is 1. The number of halogens is 4. The predicted molar refractivity (Wildman–Crippen MR) is 70.8 cm³/mol. The van der Waals surface area contributed by atoms with Crippen molar-refractivity contribution >= 4 is 58.3 Å². The SMILES string of the molecule is O=C(O)c1c(Cl)c(Cl)c(Cl)c(Cl)c1C(=O)OCCO. The van der Waals surface area contributed by atoms with E-state index in [1.807, 2.05) is 0 Å². The van der Waals surface area contributed by atoms with Crippen molar-refractivity contribution in [3.05, 3.63) is 31.2 Å². The zero-order valence-corrected chi connectivity index (χ0v) is 12.1. The average Bonchev–Trinajstić information content (AvgIpc) is 2.36. The van der Waals surface area contributed by atoms with Crippen LogP contribution in [0.15, 0.2) is 0 Å². The first-order valence-electron chi connectivity index (χ1n) is 4.70. The Hall–Kier alpha value is -0.720. The summed E-state index contributed by atoms with van der Waals surface area (Å²) in [6.07, 6.45) is 0. The third-order valence-corrected chi connectivity index (χ3v) is 3.81. The van der Waals surface area contributed by atoms with E-state index in [0.717, 1.165) is 0 Å². The van der Waals surface area contributed by atoms with Crippen molar-refractivity contribution in [2.75, 3.05) is 13.2 Å². The zero-order valence-electron chi connectivity index (χ0n) is 9.05. The highest BCUT2D eigenvalue weighted by atomic mass is 35.5. The van der Waals surface area contributed by atoms with Gasteiger partial charge in [-0.2, -0.15) is 0 Å². The van der Waals surface area contributed by atoms with Crippen LogP contribution in [0.4, 0.5) is 0 Å². The highest BCUT2D eigenvalue weighted by molar-refractivity contribution is 6.54. The molecule has 0 aliphatic carbocycles. The summed E-state index contributed by atoms with van der Waals surface area (Å²) < 4.78 is 4.60. The predicted octanol–water partition coefficient (Wildman–Crippen LogP) is 3.15. The number of hydrogen-bond donors (Lipinski definition) is 2. The molecule has 9 heteroatoms. The molecule has 0 fully saturated rings. The summed E-state index contributed by atoms with van der Waals surface area (Å²) in [5.41, 5.74) is -1.12. The van der Waals surface area contributed by atoms with Gasteiger partial charge in [-0.25, -0.2) is 9.59 Å². The second kappa shape index (κ2) is 6.63. The van der Waals surface area contributed by atoms with Crippen LogP contribution in [0.5, 0.6) is 0 Å². The van der Waals surface area contributed by atoms with Crippen LogP contribution < -0.4 is 0 Å². The van der Waals surface area contributed by atoms with E-state index in [4.69, 9.17) is 56.6 Å². The molecule has 0 heterocycles. The first-order valence-corrected chi connectivity index (χ1v) is 6.21. The Labute approximate surface area is 127 Å². The molecule has 0 saturated heterocycles. The van der Waals surface area contributed by atoms with Crippen molar-refractivity contribution in [1.82, 2.24) is 0 Å². The average molecular weight is 348 g/mol. The van der Waals surface area contributed by atoms with E-state index in [-0.39, 0.29) is 21.7 Å². The minimum Gasteiger partial charge on any atom is -0.478 e. The summed E-state index contributed by atoms with van der Waals surface area (Å²) in [5.74, 6) is -2.58. The number of rotatable bonds is 4. The molecule has 0 radical (unpaired) electrons. The number of esters is 1. The molecule has 0 atom stereocenters. The lowest BCUT2D eigenvalue weighted by atomic mass is 10.1. The van der Waals surface area contributed by atoms with Crippen molar-refractivity contribution in [3.63, 3.8) is 0 Å². The normalized spacial score (nSPS) is 10.4. The van der Waals surface area contributed by atoms with Crippen LogP contribution in [0, 0.1) is 0 Å². The number of aliphatic hydroxyl groups is 1. The van der Waals surface area contributed by atoms with Gasteiger partial charge in [-0.1, -0.05) is 46.4 Å². The summed E-state index contributed by atoms with van der Waals surface area (Å²) in [7, 11) is 0. The molecule has 0 saturated carbocycles. The monoisotopic (exact) mass is 346 g/mol. The summed E-state index contributed by atoms with van der Waals surface area (Å²) >= 11 is 23.0. The third kappa shape index (κ3) is 3.24. The maximum absolute atomic E-state index is 11.7. The highest BCUT2D eigenvalue weighted by Crippen LogP contribution is 2.41. The Bertz CT molecular complexity index is 543. The summed E-state index contributed by atoms with van der Waals surface area (Å²) in [6, 6.07) is 0. The number of carboxylic acid groups (broad SMARTS) is 1. The van der Waals surface area contributed by atoms with Crippen LogP contribution in [0.1, 0.15) is 20.7 Å². The standard InChI is InChI=1S/C10H6Cl4O5/c11-5-3(9(16)17)4(10(18)19-2-1-15)6(12)8(14)7(5)13/h15H,1-2H2,(H,16,17). The van der Waals surface area contributed by atoms with Crippen molar-refractivity contribution in [3.8, 4) is 0 Å². The minimum atomic E-state index is -1.51. The molecule has 0 spiro atoms. The number of benzene rings is 1. The van der Waals surface area contributed by atoms with Gasteiger partial charge in [0, 0.05) is 0 Å². The minimum absolute atomic E-state index is 0.255. The van der Waals surface area contributed by atoms with Gasteiger partial charge in [0.25, 0.3) is 0 Å². The highest BCUT2D eigenvalue weighted by Gasteiger charge is 2.29. The van der Waals surface area contributed by atoms with Crippen LogP contribution in [0.3, 0.4) is 0 Å². The fraction of sp³-hybridized carbons (Fsp3) is 0.200. The molecular formula is C10H6Cl4O5. The molecule has 1 aromatic rings. The van der Waals surface area contributed by atoms with Crippen molar-refractivity contribution in [2.24, 2.45) is 0 Å². The van der Waals surface area contributed by atoms with Crippen LogP contribution in [0.2, 0.25) is 20.1 Å². The van der Waals surface area contributed by atoms with Crippen LogP contribution in [-0.2, 0) is 4.74 Å². The molecule has 0 unspecified atom stereocenters. The second-order valence-electron chi connectivity index (χ2n) is 3.17. The first kappa shape index (κ1) is 16.3. The fourth-order valence-electron chi connectivity index (χ4n) is 1.23. The molecule has 0 bridgehead atoms. The molecule has 1 rings (SSSR count). The summed E-state index contributed by atoms with van der Waals surface area (Å²) in [5, 5.41) is 16.3. The number of carbonyl (C=O) groups excluding carboxylic acids is 1. The molecule has 19 heavy (non-hydrogen) atoms. The fourth-order valence-corrected chi connectivity index (χ4v) is 2.25. The quantitative estimate of drug-likeness (QED) is 0.496. The van der Waals surface area contributed by atoms with E-state index >= 15 is 0 Å². The maximum atomic E-state index is 11.7. The Morgan fingerprint density at radius 2 is 1.42 bits per heavy atom. The van der Waals surface area contributed by atoms with Crippen LogP contribution in [0.25, 0.3) is 0 Å². The van der Waals surface area contributed by atoms with Gasteiger partial charge in [0.15, 0.2) is 0 Å². The Kier molecular flexibility index (Phi) is 5.70. The maximum Gasteiger partial charge on any atom is 0.340 e. The molecule has 1 aromatic carbocycles. The molecule has 0 amide bonds. The van der Waals surface area contributed by atoms with Gasteiger partial charge in [0.2, 0.25) is 0 Å². The van der Waals surface area contributed by atoms with Gasteiger partial charge >= 0.3 is 11.9 Å². The van der Waals surface area contributed by atoms with E-state index in [0.29, 0.717) is 0 Å². The topological polar surface area (TPSA) is 83.8 Å². The van der Waals surface area contributed by atoms with E-state index in [2.05, 4.69) is 4.74 Å². The lowest BCUT2D eigenvalue weighted by Gasteiger charge is -2.12. The Morgan fingerprint density at radius 1 is 0.947 bits per heavy atom. The van der Waals surface area contributed by atoms with E-state index < -0.39 is 34.7 Å². The molecule has 0 aliphatic heterocycles. The summed E-state index contributed by atoms with van der Waals surface area (Å²) in [6.45, 7) is -0.757. The molecule has 104 valence electrons. The number of ether oxygens (including phenoxy) is 1. The molecular weight excluding hydrogens is 342 g/mol.